The van der Waals surface area contributed by atoms with E-state index in [4.69, 9.17) is 16.6 Å². The molecular weight excluding hydrogens is 490 g/mol. The molecule has 0 aliphatic rings. The molecule has 15 heteroatoms. The number of aromatic hydroxyl groups is 1. The van der Waals surface area contributed by atoms with Gasteiger partial charge in [-0.1, -0.05) is 12.1 Å². The van der Waals surface area contributed by atoms with E-state index in [0.717, 1.165) is 0 Å². The highest BCUT2D eigenvalue weighted by molar-refractivity contribution is 5.96. The van der Waals surface area contributed by atoms with E-state index in [1.807, 2.05) is 0 Å². The summed E-state index contributed by atoms with van der Waals surface area (Å²) in [5.74, 6) is -5.07. The minimum atomic E-state index is -1.52. The predicted molar refractivity (Wildman–Crippen MR) is 126 cm³/mol. The molecule has 0 spiro atoms. The fourth-order valence-electron chi connectivity index (χ4n) is 3.21. The third kappa shape index (κ3) is 9.23. The summed E-state index contributed by atoms with van der Waals surface area (Å²) in [4.78, 5) is 68.0. The highest BCUT2D eigenvalue weighted by atomic mass is 16.4. The average Bonchev–Trinajstić information content (AvgIpc) is 3.36. The fourth-order valence-corrected chi connectivity index (χ4v) is 3.21. The minimum absolute atomic E-state index is 0.0143. The van der Waals surface area contributed by atoms with E-state index in [0.29, 0.717) is 11.3 Å². The van der Waals surface area contributed by atoms with Crippen LogP contribution in [0.4, 0.5) is 0 Å². The molecule has 1 aromatic heterocycles. The van der Waals surface area contributed by atoms with Crippen molar-refractivity contribution in [3.8, 4) is 5.75 Å². The first kappa shape index (κ1) is 28.7. The quantitative estimate of drug-likeness (QED) is 0.120. The van der Waals surface area contributed by atoms with E-state index in [1.54, 1.807) is 0 Å². The zero-order valence-electron chi connectivity index (χ0n) is 19.6. The Morgan fingerprint density at radius 1 is 0.919 bits per heavy atom. The zero-order chi connectivity index (χ0) is 27.5. The number of aliphatic hydroxyl groups is 1. The molecule has 0 fully saturated rings. The largest absolute Gasteiger partial charge is 0.508 e. The number of aliphatic hydroxyl groups excluding tert-OH is 1. The Hall–Kier alpha value is -4.50. The summed E-state index contributed by atoms with van der Waals surface area (Å²) >= 11 is 0. The van der Waals surface area contributed by atoms with Crippen LogP contribution < -0.4 is 27.4 Å². The third-order valence-corrected chi connectivity index (χ3v) is 5.17. The number of nitrogens with zero attached hydrogens (tertiary/aromatic N) is 1. The van der Waals surface area contributed by atoms with E-state index in [2.05, 4.69) is 25.9 Å². The second-order valence-corrected chi connectivity index (χ2v) is 8.13. The molecule has 4 unspecified atom stereocenters. The number of carboxylic acids is 1. The van der Waals surface area contributed by atoms with Crippen molar-refractivity contribution in [3.05, 3.63) is 48.0 Å². The number of rotatable bonds is 14. The van der Waals surface area contributed by atoms with Gasteiger partial charge < -0.3 is 47.7 Å². The topological polar surface area (TPSA) is 263 Å². The summed E-state index contributed by atoms with van der Waals surface area (Å²) in [6, 6.07) is 0.0939. The number of aliphatic carboxylic acids is 1. The molecule has 0 aliphatic heterocycles. The molecule has 4 atom stereocenters. The number of hydrogen-bond acceptors (Lipinski definition) is 9. The number of carbonyl (C=O) groups is 5. The van der Waals surface area contributed by atoms with Crippen molar-refractivity contribution < 1.29 is 39.3 Å². The Labute approximate surface area is 210 Å². The van der Waals surface area contributed by atoms with Gasteiger partial charge in [0.1, 0.15) is 29.9 Å². The number of aromatic nitrogens is 2. The van der Waals surface area contributed by atoms with Gasteiger partial charge in [-0.2, -0.15) is 0 Å². The van der Waals surface area contributed by atoms with Crippen molar-refractivity contribution >= 4 is 29.6 Å². The lowest BCUT2D eigenvalue weighted by atomic mass is 10.0. The Balaban J connectivity index is 2.22. The number of aromatic amines is 1. The summed E-state index contributed by atoms with van der Waals surface area (Å²) < 4.78 is 0. The molecule has 2 rings (SSSR count). The van der Waals surface area contributed by atoms with Crippen molar-refractivity contribution in [2.75, 3.05) is 6.61 Å². The van der Waals surface area contributed by atoms with Crippen LogP contribution in [-0.2, 0) is 36.8 Å². The molecule has 0 saturated heterocycles. The Kier molecular flexibility index (Phi) is 10.5. The standard InChI is InChI=1S/C22H29N7O8/c23-14(9-30)19(33)27-16(7-18(24)32)21(35)28-15(6-12-8-25-10-26-12)20(34)29-17(22(36)37)5-11-1-3-13(31)4-2-11/h1-4,8,10,14-17,30-31H,5-7,9,23H2,(H2,24,32)(H,25,26)(H,27,33)(H,28,35)(H,29,34)(H,36,37). The van der Waals surface area contributed by atoms with Crippen LogP contribution in [0, 0.1) is 0 Å². The first-order chi connectivity index (χ1) is 17.5. The monoisotopic (exact) mass is 519 g/mol. The number of phenolic OH excluding ortho intramolecular Hbond substituents is 1. The maximum atomic E-state index is 13.1. The number of carboxylic acid groups (broad SMARTS) is 1. The highest BCUT2D eigenvalue weighted by Crippen LogP contribution is 2.12. The van der Waals surface area contributed by atoms with Crippen LogP contribution in [-0.4, -0.2) is 85.7 Å². The number of H-pyrrole nitrogens is 1. The predicted octanol–water partition coefficient (Wildman–Crippen LogP) is -3.37. The van der Waals surface area contributed by atoms with E-state index in [1.165, 1.54) is 36.8 Å². The number of nitrogens with one attached hydrogen (secondary N) is 4. The summed E-state index contributed by atoms with van der Waals surface area (Å²) in [5, 5.41) is 35.0. The van der Waals surface area contributed by atoms with Crippen LogP contribution in [0.1, 0.15) is 17.7 Å². The van der Waals surface area contributed by atoms with Crippen molar-refractivity contribution in [2.45, 2.75) is 43.4 Å². The Bertz CT molecular complexity index is 1090. The van der Waals surface area contributed by atoms with Crippen LogP contribution in [0.5, 0.6) is 5.75 Å². The number of benzene rings is 1. The molecule has 37 heavy (non-hydrogen) atoms. The van der Waals surface area contributed by atoms with E-state index in [-0.39, 0.29) is 18.6 Å². The van der Waals surface area contributed by atoms with Crippen molar-refractivity contribution in [3.63, 3.8) is 0 Å². The number of hydrogen-bond donors (Lipinski definition) is 9. The molecular formula is C22H29N7O8. The summed E-state index contributed by atoms with van der Waals surface area (Å²) in [5.41, 5.74) is 11.5. The summed E-state index contributed by atoms with van der Waals surface area (Å²) in [7, 11) is 0. The van der Waals surface area contributed by atoms with Gasteiger partial charge in [0.2, 0.25) is 23.6 Å². The number of carbonyl (C=O) groups excluding carboxylic acids is 4. The average molecular weight is 520 g/mol. The van der Waals surface area contributed by atoms with Crippen LogP contribution in [0.25, 0.3) is 0 Å². The fraction of sp³-hybridized carbons (Fsp3) is 0.364. The van der Waals surface area contributed by atoms with Gasteiger partial charge in [-0.3, -0.25) is 19.2 Å². The van der Waals surface area contributed by atoms with Crippen LogP contribution >= 0.6 is 0 Å². The molecule has 15 nitrogen and oxygen atoms in total. The van der Waals surface area contributed by atoms with Crippen LogP contribution in [0.2, 0.25) is 0 Å². The summed E-state index contributed by atoms with van der Waals surface area (Å²) in [6.45, 7) is -0.723. The lowest BCUT2D eigenvalue weighted by molar-refractivity contribution is -0.142. The van der Waals surface area contributed by atoms with Gasteiger partial charge in [0.25, 0.3) is 0 Å². The van der Waals surface area contributed by atoms with Crippen LogP contribution in [0.3, 0.4) is 0 Å². The molecule has 2 aromatic rings. The molecule has 0 aliphatic carbocycles. The van der Waals surface area contributed by atoms with Crippen molar-refractivity contribution in [2.24, 2.45) is 11.5 Å². The first-order valence-electron chi connectivity index (χ1n) is 11.0. The van der Waals surface area contributed by atoms with Gasteiger partial charge in [-0.15, -0.1) is 0 Å². The Morgan fingerprint density at radius 3 is 2.05 bits per heavy atom. The number of imidazole rings is 1. The van der Waals surface area contributed by atoms with Crippen molar-refractivity contribution in [1.82, 2.24) is 25.9 Å². The maximum Gasteiger partial charge on any atom is 0.326 e. The summed E-state index contributed by atoms with van der Waals surface area (Å²) in [6.07, 6.45) is 1.83. The number of nitrogens with two attached hydrogens (primary N) is 2. The second-order valence-electron chi connectivity index (χ2n) is 8.13. The van der Waals surface area contributed by atoms with Gasteiger partial charge in [-0.25, -0.2) is 9.78 Å². The highest BCUT2D eigenvalue weighted by Gasteiger charge is 2.31. The molecule has 11 N–H and O–H groups in total. The normalized spacial score (nSPS) is 14.0. The SMILES string of the molecule is NC(=O)CC(NC(=O)C(N)CO)C(=O)NC(Cc1cnc[nH]1)C(=O)NC(Cc1ccc(O)cc1)C(=O)O. The van der Waals surface area contributed by atoms with E-state index < -0.39 is 66.8 Å². The minimum Gasteiger partial charge on any atom is -0.508 e. The molecule has 0 radical (unpaired) electrons. The molecule has 1 heterocycles. The molecule has 200 valence electrons. The maximum absolute atomic E-state index is 13.1. The Morgan fingerprint density at radius 2 is 1.51 bits per heavy atom. The molecule has 1 aromatic carbocycles. The molecule has 4 amide bonds. The lowest BCUT2D eigenvalue weighted by Gasteiger charge is -2.24. The van der Waals surface area contributed by atoms with Crippen molar-refractivity contribution in [1.29, 1.82) is 0 Å². The first-order valence-corrected chi connectivity index (χ1v) is 11.0. The second kappa shape index (κ2) is 13.6. The third-order valence-electron chi connectivity index (χ3n) is 5.17. The number of phenols is 1. The van der Waals surface area contributed by atoms with Gasteiger partial charge in [0.05, 0.1) is 19.4 Å². The number of amides is 4. The van der Waals surface area contributed by atoms with E-state index >= 15 is 0 Å². The molecule has 0 bridgehead atoms. The van der Waals surface area contributed by atoms with Crippen LogP contribution in [0.15, 0.2) is 36.8 Å². The van der Waals surface area contributed by atoms with Gasteiger partial charge in [0, 0.05) is 24.7 Å². The van der Waals surface area contributed by atoms with Gasteiger partial charge in [-0.05, 0) is 17.7 Å². The number of primary amides is 1. The smallest absolute Gasteiger partial charge is 0.326 e. The molecule has 0 saturated carbocycles. The van der Waals surface area contributed by atoms with E-state index in [9.17, 15) is 34.2 Å². The zero-order valence-corrected chi connectivity index (χ0v) is 19.6. The van der Waals surface area contributed by atoms with Gasteiger partial charge in [0.15, 0.2) is 0 Å². The van der Waals surface area contributed by atoms with Gasteiger partial charge >= 0.3 is 5.97 Å². The lowest BCUT2D eigenvalue weighted by Crippen LogP contribution is -2.58.